The van der Waals surface area contributed by atoms with Gasteiger partial charge in [-0.3, -0.25) is 0 Å². The average Bonchev–Trinajstić information content (AvgIpc) is 2.32. The fraction of sp³-hybridized carbons (Fsp3) is 0.733. The Morgan fingerprint density at radius 1 is 1.26 bits per heavy atom. The molecule has 0 aliphatic carbocycles. The molecule has 4 heteroatoms. The molecule has 1 aromatic heterocycles. The van der Waals surface area contributed by atoms with Gasteiger partial charge >= 0.3 is 0 Å². The molecule has 4 nitrogen and oxygen atoms in total. The number of nitrogens with two attached hydrogens (primary N) is 1. The number of nitrogens with one attached hydrogen (secondary N) is 1. The quantitative estimate of drug-likeness (QED) is 0.826. The van der Waals surface area contributed by atoms with Crippen LogP contribution in [0.5, 0.6) is 0 Å². The zero-order valence-electron chi connectivity index (χ0n) is 13.2. The van der Waals surface area contributed by atoms with Crippen LogP contribution in [-0.2, 0) is 6.42 Å². The van der Waals surface area contributed by atoms with Crippen LogP contribution in [0.2, 0.25) is 0 Å². The molecule has 0 spiro atoms. The molecule has 19 heavy (non-hydrogen) atoms. The molecule has 0 saturated carbocycles. The monoisotopic (exact) mass is 264 g/mol. The summed E-state index contributed by atoms with van der Waals surface area (Å²) in [5.74, 6) is 2.90. The number of aryl methyl sites for hydroxylation is 1. The van der Waals surface area contributed by atoms with E-state index in [0.717, 1.165) is 36.6 Å². The molecule has 1 aromatic rings. The third-order valence-corrected chi connectivity index (χ3v) is 3.98. The summed E-state index contributed by atoms with van der Waals surface area (Å²) in [6, 6.07) is 0. The average molecular weight is 264 g/mol. The van der Waals surface area contributed by atoms with Gasteiger partial charge in [0.2, 0.25) is 0 Å². The summed E-state index contributed by atoms with van der Waals surface area (Å²) in [4.78, 5) is 8.91. The Kier molecular flexibility index (Phi) is 5.15. The number of hydrogen-bond acceptors (Lipinski definition) is 4. The number of hydrogen-bond donors (Lipinski definition) is 2. The highest BCUT2D eigenvalue weighted by Gasteiger charge is 2.22. The molecule has 0 unspecified atom stereocenters. The van der Waals surface area contributed by atoms with Crippen LogP contribution in [0.1, 0.15) is 52.4 Å². The Bertz CT molecular complexity index is 424. The maximum Gasteiger partial charge on any atom is 0.134 e. The number of rotatable bonds is 6. The minimum Gasteiger partial charge on any atom is -0.383 e. The number of aromatic nitrogens is 2. The molecule has 0 bridgehead atoms. The highest BCUT2D eigenvalue weighted by Crippen LogP contribution is 2.27. The van der Waals surface area contributed by atoms with E-state index in [1.807, 2.05) is 6.92 Å². The van der Waals surface area contributed by atoms with Crippen molar-refractivity contribution in [3.05, 3.63) is 11.4 Å². The highest BCUT2D eigenvalue weighted by molar-refractivity contribution is 5.54. The molecule has 0 amide bonds. The van der Waals surface area contributed by atoms with Gasteiger partial charge < -0.3 is 11.1 Å². The van der Waals surface area contributed by atoms with E-state index in [-0.39, 0.29) is 5.41 Å². The number of anilines is 2. The first kappa shape index (κ1) is 15.7. The van der Waals surface area contributed by atoms with E-state index in [4.69, 9.17) is 5.73 Å². The zero-order chi connectivity index (χ0) is 14.6. The molecule has 0 radical (unpaired) electrons. The Labute approximate surface area is 117 Å². The van der Waals surface area contributed by atoms with Crippen molar-refractivity contribution in [3.8, 4) is 0 Å². The van der Waals surface area contributed by atoms with Gasteiger partial charge in [0, 0.05) is 18.5 Å². The van der Waals surface area contributed by atoms with Gasteiger partial charge in [0.1, 0.15) is 17.5 Å². The fourth-order valence-electron chi connectivity index (χ4n) is 1.61. The largest absolute Gasteiger partial charge is 0.383 e. The van der Waals surface area contributed by atoms with Crippen molar-refractivity contribution < 1.29 is 0 Å². The molecule has 3 N–H and O–H groups in total. The minimum absolute atomic E-state index is 0.219. The van der Waals surface area contributed by atoms with Crippen LogP contribution in [0.3, 0.4) is 0 Å². The predicted molar refractivity (Wildman–Crippen MR) is 82.3 cm³/mol. The van der Waals surface area contributed by atoms with Crippen LogP contribution in [0, 0.1) is 18.3 Å². The summed E-state index contributed by atoms with van der Waals surface area (Å²) >= 11 is 0. The van der Waals surface area contributed by atoms with Crippen LogP contribution < -0.4 is 11.1 Å². The first-order valence-electron chi connectivity index (χ1n) is 7.14. The lowest BCUT2D eigenvalue weighted by molar-refractivity contribution is 0.269. The Hall–Kier alpha value is -1.32. The summed E-state index contributed by atoms with van der Waals surface area (Å²) in [6.07, 6.45) is 1.90. The molecule has 108 valence electrons. The second-order valence-electron chi connectivity index (χ2n) is 6.25. The summed E-state index contributed by atoms with van der Waals surface area (Å²) in [5, 5.41) is 3.44. The number of nitrogen functional groups attached to an aromatic ring is 1. The van der Waals surface area contributed by atoms with E-state index in [9.17, 15) is 0 Å². The van der Waals surface area contributed by atoms with E-state index in [2.05, 4.69) is 49.9 Å². The molecule has 0 aliphatic rings. The third kappa shape index (κ3) is 4.08. The van der Waals surface area contributed by atoms with Crippen LogP contribution in [0.25, 0.3) is 0 Å². The van der Waals surface area contributed by atoms with E-state index >= 15 is 0 Å². The molecular formula is C15H28N4. The van der Waals surface area contributed by atoms with E-state index < -0.39 is 0 Å². The number of nitrogens with zero attached hydrogens (tertiary/aromatic N) is 2. The SMILES string of the molecule is CCCc1nc(N)c(C)c(NCC(C)(C)C(C)C)n1. The van der Waals surface area contributed by atoms with Gasteiger partial charge in [0.15, 0.2) is 0 Å². The predicted octanol–water partition coefficient (Wildman–Crippen LogP) is 3.41. The van der Waals surface area contributed by atoms with Crippen molar-refractivity contribution in [2.45, 2.75) is 54.4 Å². The molecule has 0 saturated heterocycles. The standard InChI is InChI=1S/C15H28N4/c1-7-8-12-18-13(16)11(4)14(19-12)17-9-15(5,6)10(2)3/h10H,7-9H2,1-6H3,(H3,16,17,18,19). The summed E-state index contributed by atoms with van der Waals surface area (Å²) in [6.45, 7) is 14.0. The molecule has 1 rings (SSSR count). The van der Waals surface area contributed by atoms with Gasteiger partial charge in [0.25, 0.3) is 0 Å². The molecule has 0 atom stereocenters. The highest BCUT2D eigenvalue weighted by atomic mass is 15.1. The van der Waals surface area contributed by atoms with Crippen LogP contribution in [0.15, 0.2) is 0 Å². The van der Waals surface area contributed by atoms with Crippen LogP contribution in [-0.4, -0.2) is 16.5 Å². The van der Waals surface area contributed by atoms with E-state index in [0.29, 0.717) is 11.7 Å². The molecular weight excluding hydrogens is 236 g/mol. The molecule has 1 heterocycles. The van der Waals surface area contributed by atoms with Crippen LogP contribution >= 0.6 is 0 Å². The van der Waals surface area contributed by atoms with Gasteiger partial charge in [0.05, 0.1) is 0 Å². The zero-order valence-corrected chi connectivity index (χ0v) is 13.2. The van der Waals surface area contributed by atoms with Crippen molar-refractivity contribution >= 4 is 11.6 Å². The summed E-state index contributed by atoms with van der Waals surface area (Å²) in [5.41, 5.74) is 7.12. The third-order valence-electron chi connectivity index (χ3n) is 3.98. The minimum atomic E-state index is 0.219. The normalized spacial score (nSPS) is 11.9. The Morgan fingerprint density at radius 3 is 2.42 bits per heavy atom. The van der Waals surface area contributed by atoms with E-state index in [1.54, 1.807) is 0 Å². The van der Waals surface area contributed by atoms with Gasteiger partial charge in [-0.25, -0.2) is 9.97 Å². The van der Waals surface area contributed by atoms with Gasteiger partial charge in [-0.05, 0) is 24.7 Å². The summed E-state index contributed by atoms with van der Waals surface area (Å²) < 4.78 is 0. The lowest BCUT2D eigenvalue weighted by atomic mass is 9.81. The Balaban J connectivity index is 2.88. The topological polar surface area (TPSA) is 63.8 Å². The Morgan fingerprint density at radius 2 is 1.89 bits per heavy atom. The molecule has 0 fully saturated rings. The lowest BCUT2D eigenvalue weighted by Crippen LogP contribution is -2.29. The molecule has 0 aliphatic heterocycles. The van der Waals surface area contributed by atoms with Crippen molar-refractivity contribution in [2.75, 3.05) is 17.6 Å². The first-order chi connectivity index (χ1) is 8.77. The van der Waals surface area contributed by atoms with Gasteiger partial charge in [-0.2, -0.15) is 0 Å². The lowest BCUT2D eigenvalue weighted by Gasteiger charge is -2.30. The van der Waals surface area contributed by atoms with Gasteiger partial charge in [-0.1, -0.05) is 34.6 Å². The van der Waals surface area contributed by atoms with Crippen molar-refractivity contribution in [1.29, 1.82) is 0 Å². The maximum absolute atomic E-state index is 5.96. The van der Waals surface area contributed by atoms with Gasteiger partial charge in [-0.15, -0.1) is 0 Å². The van der Waals surface area contributed by atoms with Crippen LogP contribution in [0.4, 0.5) is 11.6 Å². The second kappa shape index (κ2) is 6.22. The summed E-state index contributed by atoms with van der Waals surface area (Å²) in [7, 11) is 0. The smallest absolute Gasteiger partial charge is 0.134 e. The second-order valence-corrected chi connectivity index (χ2v) is 6.25. The fourth-order valence-corrected chi connectivity index (χ4v) is 1.61. The van der Waals surface area contributed by atoms with E-state index in [1.165, 1.54) is 0 Å². The molecule has 0 aromatic carbocycles. The van der Waals surface area contributed by atoms with Crippen molar-refractivity contribution in [2.24, 2.45) is 11.3 Å². The van der Waals surface area contributed by atoms with Crippen molar-refractivity contribution in [1.82, 2.24) is 9.97 Å². The first-order valence-corrected chi connectivity index (χ1v) is 7.14. The van der Waals surface area contributed by atoms with Crippen molar-refractivity contribution in [3.63, 3.8) is 0 Å². The maximum atomic E-state index is 5.96.